The number of carbonyl (C=O) groups is 3. The molecule has 13 heteroatoms. The molecule has 8 rings (SSSR count). The number of hydrogen-bond acceptors (Lipinski definition) is 12. The summed E-state index contributed by atoms with van der Waals surface area (Å²) in [5.74, 6) is -5.14. The molecule has 4 atom stereocenters. The molecule has 0 aromatic heterocycles. The number of nitrogens with zero attached hydrogens (tertiary/aromatic N) is 1. The van der Waals surface area contributed by atoms with E-state index in [4.69, 9.17) is 24.7 Å². The molecule has 5 aliphatic rings. The number of ether oxygens (including phenoxy) is 4. The van der Waals surface area contributed by atoms with Crippen molar-refractivity contribution in [3.05, 3.63) is 76.3 Å². The van der Waals surface area contributed by atoms with Crippen molar-refractivity contribution in [1.29, 1.82) is 0 Å². The van der Waals surface area contributed by atoms with Crippen LogP contribution >= 0.6 is 0 Å². The van der Waals surface area contributed by atoms with Crippen LogP contribution in [0.5, 0.6) is 28.7 Å². The number of aliphatic hydroxyl groups is 3. The minimum atomic E-state index is -2.74. The van der Waals surface area contributed by atoms with Gasteiger partial charge in [0.15, 0.2) is 34.4 Å². The molecule has 0 bridgehead atoms. The Bertz CT molecular complexity index is 2070. The quantitative estimate of drug-likeness (QED) is 0.258. The van der Waals surface area contributed by atoms with Crippen LogP contribution in [0.15, 0.2) is 65.1 Å². The number of likely N-dealkylation sites (N-methyl/N-ethyl adjacent to an activating group) is 1. The van der Waals surface area contributed by atoms with E-state index in [1.165, 1.54) is 4.90 Å². The van der Waals surface area contributed by atoms with E-state index < -0.39 is 58.0 Å². The third kappa shape index (κ3) is 3.94. The summed E-state index contributed by atoms with van der Waals surface area (Å²) < 4.78 is 22.1. The molecule has 0 fully saturated rings. The minimum Gasteiger partial charge on any atom is -0.510 e. The number of rotatable bonds is 4. The number of allylic oxidation sites excluding steroid dienone is 1. The fourth-order valence-electron chi connectivity index (χ4n) is 7.92. The molecule has 6 N–H and O–H groups in total. The normalized spacial score (nSPS) is 25.3. The van der Waals surface area contributed by atoms with Crippen LogP contribution in [-0.2, 0) is 16.0 Å². The number of aliphatic hydroxyl groups excluding tert-OH is 2. The summed E-state index contributed by atoms with van der Waals surface area (Å²) in [4.78, 5) is 42.1. The lowest BCUT2D eigenvalue weighted by Crippen LogP contribution is -2.63. The molecule has 0 spiro atoms. The van der Waals surface area contributed by atoms with E-state index in [1.807, 2.05) is 6.07 Å². The van der Waals surface area contributed by atoms with Crippen molar-refractivity contribution >= 4 is 17.5 Å². The maximum absolute atomic E-state index is 14.6. The number of hydrogen-bond donors (Lipinski definition) is 5. The number of benzene rings is 3. The molecule has 2 heterocycles. The molecule has 3 aromatic carbocycles. The van der Waals surface area contributed by atoms with Gasteiger partial charge in [-0.05, 0) is 85.4 Å². The number of fused-ring (bicyclic) bond motifs is 5. The Balaban J connectivity index is 1.35. The van der Waals surface area contributed by atoms with Crippen molar-refractivity contribution in [1.82, 2.24) is 4.90 Å². The zero-order valence-corrected chi connectivity index (χ0v) is 25.8. The van der Waals surface area contributed by atoms with E-state index in [9.17, 15) is 34.8 Å². The van der Waals surface area contributed by atoms with Crippen molar-refractivity contribution in [2.24, 2.45) is 17.6 Å². The summed E-state index contributed by atoms with van der Waals surface area (Å²) in [6.07, 6.45) is 0.0876. The highest BCUT2D eigenvalue weighted by Gasteiger charge is 2.63. The molecule has 0 saturated heterocycles. The topological polar surface area (TPSA) is 198 Å². The van der Waals surface area contributed by atoms with Crippen LogP contribution in [0.2, 0.25) is 0 Å². The van der Waals surface area contributed by atoms with Crippen LogP contribution in [0.4, 0.5) is 0 Å². The Kier molecular flexibility index (Phi) is 6.36. The van der Waals surface area contributed by atoms with E-state index in [2.05, 4.69) is 0 Å². The molecular weight excluding hydrogens is 624 g/mol. The number of carbonyl (C=O) groups excluding carboxylic acids is 3. The van der Waals surface area contributed by atoms with Crippen molar-refractivity contribution in [3.8, 4) is 51.0 Å². The Labute approximate surface area is 273 Å². The van der Waals surface area contributed by atoms with Gasteiger partial charge in [-0.2, -0.15) is 0 Å². The third-order valence-electron chi connectivity index (χ3n) is 10.1. The van der Waals surface area contributed by atoms with Gasteiger partial charge in [0.05, 0.1) is 11.6 Å². The fourth-order valence-corrected chi connectivity index (χ4v) is 7.92. The first-order valence-electron chi connectivity index (χ1n) is 15.3. The van der Waals surface area contributed by atoms with Gasteiger partial charge in [-0.1, -0.05) is 12.1 Å². The molecule has 0 radical (unpaired) electrons. The Morgan fingerprint density at radius 3 is 2.04 bits per heavy atom. The van der Waals surface area contributed by atoms with Gasteiger partial charge in [-0.3, -0.25) is 19.3 Å². The molecule has 1 amide bonds. The monoisotopic (exact) mass is 654 g/mol. The number of nitrogens with two attached hydrogens (primary N) is 1. The second-order valence-electron chi connectivity index (χ2n) is 12.8. The second kappa shape index (κ2) is 10.2. The molecule has 0 saturated carbocycles. The summed E-state index contributed by atoms with van der Waals surface area (Å²) in [5.41, 5.74) is 4.04. The van der Waals surface area contributed by atoms with Gasteiger partial charge in [0.25, 0.3) is 5.91 Å². The van der Waals surface area contributed by atoms with Crippen LogP contribution < -0.4 is 24.7 Å². The standard InChI is InChI=1S/C35H30N2O11/c1-37(2)28-20-8-16-7-19-17(14-3-5-21-23(9-14)47-12-45-21)11-18(15-4-6-22-24(10-15)48-13-46-22)29(38)26(19)30(39)25(16)32(41)35(20,44)33(42)27(31(28)40)34(36)43/h3-6,9-11,16,20,28,38,40-41,44H,7-8,12-13H2,1-2H3,(H2,36,43)/t16-,20+,28+,35-/m0/s1. The molecule has 2 aliphatic heterocycles. The average Bonchev–Trinajstić information content (AvgIpc) is 3.71. The SMILES string of the molecule is CN(C)[C@H]1C(O)=C(C(N)=O)C(=O)[C@@]2(O)C(O)=C3C(=O)c4c(O)c(-c5ccc6c(c5)OCO6)cc(-c5ccc6c(c5)OCO6)c4C[C@H]3C[C@H]12. The smallest absolute Gasteiger partial charge is 0.255 e. The minimum absolute atomic E-state index is 0.0307. The maximum Gasteiger partial charge on any atom is 0.255 e. The lowest BCUT2D eigenvalue weighted by Gasteiger charge is -2.50. The molecule has 13 nitrogen and oxygen atoms in total. The third-order valence-corrected chi connectivity index (χ3v) is 10.1. The van der Waals surface area contributed by atoms with E-state index in [1.54, 1.807) is 50.5 Å². The van der Waals surface area contributed by atoms with Gasteiger partial charge < -0.3 is 45.1 Å². The second-order valence-corrected chi connectivity index (χ2v) is 12.8. The maximum atomic E-state index is 14.6. The van der Waals surface area contributed by atoms with Gasteiger partial charge >= 0.3 is 0 Å². The number of ketones is 2. The van der Waals surface area contributed by atoms with Gasteiger partial charge in [-0.25, -0.2) is 0 Å². The Hall–Kier alpha value is -5.53. The van der Waals surface area contributed by atoms with E-state index in [-0.39, 0.29) is 48.9 Å². The van der Waals surface area contributed by atoms with Gasteiger partial charge in [0, 0.05) is 17.1 Å². The molecular formula is C35H30N2O11. The largest absolute Gasteiger partial charge is 0.510 e. The first-order valence-corrected chi connectivity index (χ1v) is 15.3. The summed E-state index contributed by atoms with van der Waals surface area (Å²) >= 11 is 0. The van der Waals surface area contributed by atoms with E-state index in [0.717, 1.165) is 0 Å². The van der Waals surface area contributed by atoms with E-state index in [0.29, 0.717) is 45.3 Å². The summed E-state index contributed by atoms with van der Waals surface area (Å²) in [6, 6.07) is 11.1. The first kappa shape index (κ1) is 29.8. The fraction of sp³-hybridized carbons (Fsp3) is 0.286. The molecule has 3 aliphatic carbocycles. The number of amides is 1. The number of primary amides is 1. The predicted molar refractivity (Wildman–Crippen MR) is 167 cm³/mol. The zero-order chi connectivity index (χ0) is 33.8. The highest BCUT2D eigenvalue weighted by molar-refractivity contribution is 6.25. The van der Waals surface area contributed by atoms with Crippen molar-refractivity contribution in [2.45, 2.75) is 24.5 Å². The lowest BCUT2D eigenvalue weighted by molar-refractivity contribution is -0.148. The summed E-state index contributed by atoms with van der Waals surface area (Å²) in [6.45, 7) is 0.0875. The molecule has 0 unspecified atom stereocenters. The number of phenols is 1. The predicted octanol–water partition coefficient (Wildman–Crippen LogP) is 2.91. The van der Waals surface area contributed by atoms with Crippen molar-refractivity contribution < 1.29 is 53.8 Å². The molecule has 3 aromatic rings. The van der Waals surface area contributed by atoms with Gasteiger partial charge in [0.2, 0.25) is 19.4 Å². The van der Waals surface area contributed by atoms with Crippen molar-refractivity contribution in [2.75, 3.05) is 27.7 Å². The highest BCUT2D eigenvalue weighted by Crippen LogP contribution is 2.55. The lowest BCUT2D eigenvalue weighted by atomic mass is 9.58. The zero-order valence-electron chi connectivity index (χ0n) is 25.8. The number of phenolic OH excluding ortho intramolecular Hbond substituents is 1. The summed E-state index contributed by atoms with van der Waals surface area (Å²) in [5, 5.41) is 46.7. The first-order chi connectivity index (χ1) is 22.9. The Morgan fingerprint density at radius 1 is 0.875 bits per heavy atom. The molecule has 246 valence electrons. The highest BCUT2D eigenvalue weighted by atomic mass is 16.7. The van der Waals surface area contributed by atoms with Crippen molar-refractivity contribution in [3.63, 3.8) is 0 Å². The Morgan fingerprint density at radius 2 is 1.46 bits per heavy atom. The van der Waals surface area contributed by atoms with Gasteiger partial charge in [-0.15, -0.1) is 0 Å². The van der Waals surface area contributed by atoms with Crippen LogP contribution in [0, 0.1) is 11.8 Å². The molecule has 48 heavy (non-hydrogen) atoms. The summed E-state index contributed by atoms with van der Waals surface area (Å²) in [7, 11) is 3.17. The average molecular weight is 655 g/mol. The van der Waals surface area contributed by atoms with Crippen LogP contribution in [0.25, 0.3) is 22.3 Å². The van der Waals surface area contributed by atoms with E-state index >= 15 is 0 Å². The van der Waals surface area contributed by atoms with Gasteiger partial charge in [0.1, 0.15) is 22.8 Å². The number of Topliss-reactive ketones (excluding diaryl/α,β-unsaturated/α-hetero) is 2. The van der Waals surface area contributed by atoms with Crippen LogP contribution in [0.1, 0.15) is 22.3 Å². The number of aromatic hydroxyl groups is 1. The van der Waals surface area contributed by atoms with Crippen LogP contribution in [0.3, 0.4) is 0 Å². The van der Waals surface area contributed by atoms with Crippen LogP contribution in [-0.4, -0.2) is 82.1 Å².